The van der Waals surface area contributed by atoms with E-state index in [1.165, 1.54) is 11.6 Å². The highest BCUT2D eigenvalue weighted by Crippen LogP contribution is 2.26. The first-order valence-electron chi connectivity index (χ1n) is 3.62. The van der Waals surface area contributed by atoms with Crippen molar-refractivity contribution < 1.29 is 13.2 Å². The summed E-state index contributed by atoms with van der Waals surface area (Å²) in [4.78, 5) is 10.5. The average molecular weight is 211 g/mol. The molecule has 0 aliphatic carbocycles. The molecule has 6 heteroatoms. The molecule has 1 atom stereocenters. The van der Waals surface area contributed by atoms with Gasteiger partial charge in [-0.1, -0.05) is 18.3 Å². The summed E-state index contributed by atoms with van der Waals surface area (Å²) in [6.45, 7) is 0.760. The normalized spacial score (nSPS) is 14.5. The Labute approximate surface area is 76.6 Å². The zero-order valence-electron chi connectivity index (χ0n) is 6.84. The van der Waals surface area contributed by atoms with E-state index in [0.717, 1.165) is 22.8 Å². The van der Waals surface area contributed by atoms with Crippen LogP contribution in [0, 0.1) is 5.92 Å². The number of thiazole rings is 1. The molecule has 0 radical (unpaired) electrons. The van der Waals surface area contributed by atoms with Crippen molar-refractivity contribution in [3.8, 4) is 0 Å². The lowest BCUT2D eigenvalue weighted by Crippen LogP contribution is -2.27. The summed E-state index contributed by atoms with van der Waals surface area (Å²) >= 11 is 0.897. The van der Waals surface area contributed by atoms with E-state index in [9.17, 15) is 18.0 Å². The number of hydrogen-bond acceptors (Lipinski definition) is 2. The van der Waals surface area contributed by atoms with Crippen LogP contribution in [0.5, 0.6) is 0 Å². The number of alkyl halides is 3. The van der Waals surface area contributed by atoms with E-state index in [-0.39, 0.29) is 11.4 Å². The molecule has 1 unspecified atom stereocenters. The predicted molar refractivity (Wildman–Crippen MR) is 43.8 cm³/mol. The molecule has 0 amide bonds. The van der Waals surface area contributed by atoms with Gasteiger partial charge in [-0.2, -0.15) is 13.2 Å². The monoisotopic (exact) mass is 211 g/mol. The number of aromatic nitrogens is 1. The van der Waals surface area contributed by atoms with E-state index < -0.39 is 12.1 Å². The van der Waals surface area contributed by atoms with Gasteiger partial charge in [-0.3, -0.25) is 4.79 Å². The van der Waals surface area contributed by atoms with Crippen molar-refractivity contribution in [1.29, 1.82) is 0 Å². The highest BCUT2D eigenvalue weighted by atomic mass is 32.1. The fraction of sp³-hybridized carbons (Fsp3) is 0.571. The molecule has 74 valence electrons. The van der Waals surface area contributed by atoms with Crippen molar-refractivity contribution in [2.24, 2.45) is 5.92 Å². The molecule has 2 nitrogen and oxygen atoms in total. The van der Waals surface area contributed by atoms with Gasteiger partial charge >= 0.3 is 11.0 Å². The molecule has 13 heavy (non-hydrogen) atoms. The third-order valence-electron chi connectivity index (χ3n) is 1.67. The first-order valence-corrected chi connectivity index (χ1v) is 4.50. The molecule has 1 heterocycles. The molecule has 0 saturated carbocycles. The summed E-state index contributed by atoms with van der Waals surface area (Å²) in [7, 11) is 0. The molecule has 0 aromatic carbocycles. The van der Waals surface area contributed by atoms with Crippen molar-refractivity contribution in [1.82, 2.24) is 4.57 Å². The number of hydrogen-bond donors (Lipinski definition) is 0. The van der Waals surface area contributed by atoms with Crippen LogP contribution < -0.4 is 4.87 Å². The highest BCUT2D eigenvalue weighted by Gasteiger charge is 2.36. The third-order valence-corrected chi connectivity index (χ3v) is 2.37. The van der Waals surface area contributed by atoms with Crippen molar-refractivity contribution in [3.63, 3.8) is 0 Å². The van der Waals surface area contributed by atoms with Gasteiger partial charge in [0.15, 0.2) is 0 Å². The van der Waals surface area contributed by atoms with Crippen molar-refractivity contribution in [3.05, 3.63) is 21.2 Å². The van der Waals surface area contributed by atoms with Crippen LogP contribution >= 0.6 is 11.3 Å². The molecule has 1 aromatic rings. The van der Waals surface area contributed by atoms with Crippen LogP contribution in [-0.2, 0) is 6.54 Å². The maximum Gasteiger partial charge on any atom is 0.393 e. The highest BCUT2D eigenvalue weighted by molar-refractivity contribution is 7.07. The molecule has 0 aliphatic heterocycles. The Morgan fingerprint density at radius 1 is 1.62 bits per heavy atom. The maximum absolute atomic E-state index is 12.1. The van der Waals surface area contributed by atoms with Gasteiger partial charge in [0.2, 0.25) is 0 Å². The smallest absolute Gasteiger partial charge is 0.305 e. The summed E-state index contributed by atoms with van der Waals surface area (Å²) in [5, 5.41) is 1.48. The number of rotatable bonds is 2. The van der Waals surface area contributed by atoms with E-state index in [1.807, 2.05) is 0 Å². The fourth-order valence-electron chi connectivity index (χ4n) is 0.825. The largest absolute Gasteiger partial charge is 0.393 e. The van der Waals surface area contributed by atoms with Gasteiger partial charge in [0.1, 0.15) is 0 Å². The molecule has 0 spiro atoms. The minimum atomic E-state index is -4.23. The van der Waals surface area contributed by atoms with E-state index in [2.05, 4.69) is 0 Å². The summed E-state index contributed by atoms with van der Waals surface area (Å²) < 4.78 is 37.3. The summed E-state index contributed by atoms with van der Waals surface area (Å²) in [5.41, 5.74) is 0. The second-order valence-corrected chi connectivity index (χ2v) is 3.62. The molecule has 0 bridgehead atoms. The van der Waals surface area contributed by atoms with Gasteiger partial charge in [0.05, 0.1) is 5.92 Å². The van der Waals surface area contributed by atoms with Crippen LogP contribution in [-0.4, -0.2) is 10.7 Å². The zero-order valence-corrected chi connectivity index (χ0v) is 7.65. The van der Waals surface area contributed by atoms with Gasteiger partial charge in [-0.05, 0) is 0 Å². The third kappa shape index (κ3) is 2.58. The molecular formula is C7H8F3NOS. The topological polar surface area (TPSA) is 22.0 Å². The van der Waals surface area contributed by atoms with Crippen LogP contribution in [0.3, 0.4) is 0 Å². The first kappa shape index (κ1) is 10.3. The minimum Gasteiger partial charge on any atom is -0.305 e. The van der Waals surface area contributed by atoms with E-state index in [1.54, 1.807) is 0 Å². The molecule has 0 fully saturated rings. The molecule has 0 saturated heterocycles. The van der Waals surface area contributed by atoms with Crippen LogP contribution in [0.1, 0.15) is 6.92 Å². The second-order valence-electron chi connectivity index (χ2n) is 2.76. The second kappa shape index (κ2) is 3.53. The average Bonchev–Trinajstić information content (AvgIpc) is 2.34. The van der Waals surface area contributed by atoms with Gasteiger partial charge < -0.3 is 4.57 Å². The van der Waals surface area contributed by atoms with Crippen LogP contribution in [0.15, 0.2) is 16.4 Å². The van der Waals surface area contributed by atoms with Gasteiger partial charge in [0, 0.05) is 18.1 Å². The fourth-order valence-corrected chi connectivity index (χ4v) is 1.42. The predicted octanol–water partition coefficient (Wildman–Crippen LogP) is 2.11. The van der Waals surface area contributed by atoms with Crippen molar-refractivity contribution in [2.75, 3.05) is 0 Å². The zero-order chi connectivity index (χ0) is 10.1. The van der Waals surface area contributed by atoms with Gasteiger partial charge in [0.25, 0.3) is 0 Å². The Morgan fingerprint density at radius 3 is 2.62 bits per heavy atom. The molecular weight excluding hydrogens is 203 g/mol. The Morgan fingerprint density at radius 2 is 2.23 bits per heavy atom. The first-order chi connectivity index (χ1) is 5.91. The van der Waals surface area contributed by atoms with Gasteiger partial charge in [-0.25, -0.2) is 0 Å². The van der Waals surface area contributed by atoms with Crippen LogP contribution in [0.2, 0.25) is 0 Å². The standard InChI is InChI=1S/C7H8F3NOS/c1-5(7(8,9)10)4-11-2-3-13-6(11)12/h2-3,5H,4H2,1H3. The molecule has 1 rings (SSSR count). The Balaban J connectivity index is 2.71. The lowest BCUT2D eigenvalue weighted by molar-refractivity contribution is -0.172. The summed E-state index contributed by atoms with van der Waals surface area (Å²) in [6.07, 6.45) is -2.86. The van der Waals surface area contributed by atoms with Crippen molar-refractivity contribution >= 4 is 11.3 Å². The van der Waals surface area contributed by atoms with Gasteiger partial charge in [-0.15, -0.1) is 0 Å². The lowest BCUT2D eigenvalue weighted by Gasteiger charge is -2.14. The van der Waals surface area contributed by atoms with Crippen LogP contribution in [0.25, 0.3) is 0 Å². The number of nitrogens with zero attached hydrogens (tertiary/aromatic N) is 1. The summed E-state index contributed by atoms with van der Waals surface area (Å²) in [5.74, 6) is -1.49. The Hall–Kier alpha value is -0.780. The maximum atomic E-state index is 12.1. The Kier molecular flexibility index (Phi) is 2.80. The van der Waals surface area contributed by atoms with E-state index >= 15 is 0 Å². The minimum absolute atomic E-state index is 0.300. The SMILES string of the molecule is CC(Cn1ccsc1=O)C(F)(F)F. The van der Waals surface area contributed by atoms with Crippen molar-refractivity contribution in [2.45, 2.75) is 19.6 Å². The lowest BCUT2D eigenvalue weighted by atomic mass is 10.2. The van der Waals surface area contributed by atoms with E-state index in [4.69, 9.17) is 0 Å². The molecule has 0 N–H and O–H groups in total. The summed E-state index contributed by atoms with van der Waals surface area (Å²) in [6, 6.07) is 0. The number of halogens is 3. The molecule has 0 aliphatic rings. The quantitative estimate of drug-likeness (QED) is 0.734. The van der Waals surface area contributed by atoms with E-state index in [0.29, 0.717) is 0 Å². The van der Waals surface area contributed by atoms with Crippen LogP contribution in [0.4, 0.5) is 13.2 Å². The molecule has 1 aromatic heterocycles. The Bertz CT molecular complexity index is 327.